The molecule has 0 radical (unpaired) electrons. The summed E-state index contributed by atoms with van der Waals surface area (Å²) in [4.78, 5) is 28.0. The number of carbonyl (C=O) groups is 1. The highest BCUT2D eigenvalue weighted by molar-refractivity contribution is 9.10. The van der Waals surface area contributed by atoms with E-state index in [1.807, 2.05) is 30.3 Å². The lowest BCUT2D eigenvalue weighted by molar-refractivity contribution is -0.534. The Morgan fingerprint density at radius 1 is 1.39 bits per heavy atom. The fourth-order valence-electron chi connectivity index (χ4n) is 5.99. The van der Waals surface area contributed by atoms with Crippen LogP contribution < -0.4 is 14.8 Å². The van der Waals surface area contributed by atoms with E-state index >= 15 is 0 Å². The number of carbonyl (C=O) groups excluding carboxylic acids is 1. The molecule has 1 N–H and O–H groups in total. The zero-order valence-electron chi connectivity index (χ0n) is 18.1. The highest BCUT2D eigenvalue weighted by atomic mass is 79.9. The zero-order chi connectivity index (χ0) is 23.3. The van der Waals surface area contributed by atoms with Crippen LogP contribution in [-0.4, -0.2) is 48.1 Å². The van der Waals surface area contributed by atoms with Crippen LogP contribution in [0.2, 0.25) is 0 Å². The number of nitrogens with zero attached hydrogens (tertiary/aromatic N) is 2. The monoisotopic (exact) mass is 513 g/mol. The third-order valence-electron chi connectivity index (χ3n) is 7.08. The van der Waals surface area contributed by atoms with Crippen LogP contribution in [0.4, 0.5) is 5.69 Å². The van der Waals surface area contributed by atoms with E-state index in [1.54, 1.807) is 12.1 Å². The Kier molecular flexibility index (Phi) is 5.41. The minimum Gasteiger partial charge on any atom is -0.493 e. The number of hydrogen-bond acceptors (Lipinski definition) is 6. The van der Waals surface area contributed by atoms with Gasteiger partial charge in [0.05, 0.1) is 17.5 Å². The molecule has 0 aliphatic carbocycles. The molecule has 3 aliphatic heterocycles. The van der Waals surface area contributed by atoms with Gasteiger partial charge in [-0.2, -0.15) is 0 Å². The summed E-state index contributed by atoms with van der Waals surface area (Å²) in [6, 6.07) is 9.68. The molecule has 1 amide bonds. The maximum atomic E-state index is 13.5. The Morgan fingerprint density at radius 3 is 2.91 bits per heavy atom. The number of rotatable bonds is 6. The van der Waals surface area contributed by atoms with Gasteiger partial charge >= 0.3 is 0 Å². The Labute approximate surface area is 199 Å². The summed E-state index contributed by atoms with van der Waals surface area (Å²) in [5.74, 6) is 0.165. The van der Waals surface area contributed by atoms with Crippen LogP contribution in [0.3, 0.4) is 0 Å². The second-order valence-corrected chi connectivity index (χ2v) is 9.41. The first-order valence-electron chi connectivity index (χ1n) is 10.9. The van der Waals surface area contributed by atoms with E-state index in [1.165, 1.54) is 7.11 Å². The fourth-order valence-corrected chi connectivity index (χ4v) is 6.56. The third-order valence-corrected chi connectivity index (χ3v) is 7.67. The SMILES string of the molecule is C=CCOc1c(Br)cc([C@@H]2[C@@H]3CCCN3[C@]3(C(=O)Nc4ccccc43)[C@@H]2[N+](=O)[O-])cc1OC. The maximum absolute atomic E-state index is 13.5. The van der Waals surface area contributed by atoms with Gasteiger partial charge in [0.1, 0.15) is 6.61 Å². The summed E-state index contributed by atoms with van der Waals surface area (Å²) in [5.41, 5.74) is 0.733. The van der Waals surface area contributed by atoms with Crippen LogP contribution in [0.1, 0.15) is 29.9 Å². The molecule has 4 atom stereocenters. The van der Waals surface area contributed by atoms with Gasteiger partial charge in [-0.1, -0.05) is 30.9 Å². The van der Waals surface area contributed by atoms with Crippen molar-refractivity contribution >= 4 is 27.5 Å². The Balaban J connectivity index is 1.70. The molecule has 2 aromatic rings. The molecule has 1 spiro atoms. The van der Waals surface area contributed by atoms with Crippen molar-refractivity contribution in [1.29, 1.82) is 0 Å². The van der Waals surface area contributed by atoms with Crippen LogP contribution in [0.25, 0.3) is 0 Å². The molecule has 172 valence electrons. The number of nitro groups is 1. The molecule has 3 heterocycles. The van der Waals surface area contributed by atoms with Gasteiger partial charge in [0.25, 0.3) is 11.9 Å². The summed E-state index contributed by atoms with van der Waals surface area (Å²) in [7, 11) is 1.54. The standard InChI is InChI=1S/C24H24BrN3O5/c1-3-11-33-21-16(25)12-14(13-19(21)32-2)20-18-9-6-10-27(18)24(22(20)28(30)31)15-7-4-5-8-17(15)26-23(24)29/h3-5,7-8,12-13,18,20,22H,1,6,9-11H2,2H3,(H,26,29)/t18-,20+,22+,24-/m0/s1. The Bertz CT molecular complexity index is 1150. The number of hydrogen-bond donors (Lipinski definition) is 1. The molecule has 2 fully saturated rings. The zero-order valence-corrected chi connectivity index (χ0v) is 19.7. The minimum absolute atomic E-state index is 0.145. The first-order valence-corrected chi connectivity index (χ1v) is 11.7. The molecule has 9 heteroatoms. The molecule has 0 aromatic heterocycles. The Hall–Kier alpha value is -2.91. The molecule has 0 saturated carbocycles. The molecule has 33 heavy (non-hydrogen) atoms. The molecule has 8 nitrogen and oxygen atoms in total. The van der Waals surface area contributed by atoms with E-state index in [0.717, 1.165) is 18.4 Å². The molecule has 3 aliphatic rings. The number of fused-ring (bicyclic) bond motifs is 4. The molecular formula is C24H24BrN3O5. The third kappa shape index (κ3) is 3.02. The maximum Gasteiger partial charge on any atom is 0.256 e. The summed E-state index contributed by atoms with van der Waals surface area (Å²) in [6.07, 6.45) is 3.29. The van der Waals surface area contributed by atoms with Gasteiger partial charge in [0, 0.05) is 28.8 Å². The second kappa shape index (κ2) is 8.14. The average Bonchev–Trinajstić information content (AvgIpc) is 3.45. The number of anilines is 1. The first kappa shape index (κ1) is 21.9. The fraction of sp³-hybridized carbons (Fsp3) is 0.375. The summed E-state index contributed by atoms with van der Waals surface area (Å²) < 4.78 is 12.0. The number of para-hydroxylation sites is 1. The average molecular weight is 514 g/mol. The summed E-state index contributed by atoms with van der Waals surface area (Å²) in [5, 5.41) is 15.6. The van der Waals surface area contributed by atoms with Crippen molar-refractivity contribution in [1.82, 2.24) is 4.90 Å². The van der Waals surface area contributed by atoms with Crippen LogP contribution in [0.15, 0.2) is 53.5 Å². The van der Waals surface area contributed by atoms with E-state index in [-0.39, 0.29) is 16.9 Å². The van der Waals surface area contributed by atoms with Crippen LogP contribution in [-0.2, 0) is 10.3 Å². The lowest BCUT2D eigenvalue weighted by atomic mass is 9.77. The number of benzene rings is 2. The van der Waals surface area contributed by atoms with E-state index in [4.69, 9.17) is 9.47 Å². The van der Waals surface area contributed by atoms with Gasteiger partial charge < -0.3 is 14.8 Å². The molecule has 2 aromatic carbocycles. The van der Waals surface area contributed by atoms with Gasteiger partial charge in [-0.15, -0.1) is 0 Å². The quantitative estimate of drug-likeness (QED) is 0.355. The van der Waals surface area contributed by atoms with Crippen molar-refractivity contribution in [3.8, 4) is 11.5 Å². The molecule has 5 rings (SSSR count). The predicted octanol–water partition coefficient (Wildman–Crippen LogP) is 4.08. The number of ether oxygens (including phenoxy) is 2. The summed E-state index contributed by atoms with van der Waals surface area (Å²) in [6.45, 7) is 4.60. The molecule has 2 saturated heterocycles. The van der Waals surface area contributed by atoms with E-state index in [9.17, 15) is 14.9 Å². The topological polar surface area (TPSA) is 93.9 Å². The van der Waals surface area contributed by atoms with Crippen molar-refractivity contribution in [3.63, 3.8) is 0 Å². The van der Waals surface area contributed by atoms with Gasteiger partial charge in [0.2, 0.25) is 0 Å². The minimum atomic E-state index is -1.34. The van der Waals surface area contributed by atoms with Crippen LogP contribution >= 0.6 is 15.9 Å². The summed E-state index contributed by atoms with van der Waals surface area (Å²) >= 11 is 3.56. The normalized spacial score (nSPS) is 27.8. The second-order valence-electron chi connectivity index (χ2n) is 8.56. The highest BCUT2D eigenvalue weighted by Gasteiger charge is 2.73. The van der Waals surface area contributed by atoms with Gasteiger partial charge in [-0.25, -0.2) is 0 Å². The molecule has 0 bridgehead atoms. The number of methoxy groups -OCH3 is 1. The van der Waals surface area contributed by atoms with Gasteiger partial charge in [-0.05, 0) is 52.5 Å². The largest absolute Gasteiger partial charge is 0.493 e. The first-order chi connectivity index (χ1) is 15.9. The Morgan fingerprint density at radius 2 is 2.18 bits per heavy atom. The van der Waals surface area contributed by atoms with E-state index < -0.39 is 17.5 Å². The lowest BCUT2D eigenvalue weighted by Crippen LogP contribution is -2.55. The number of halogens is 1. The van der Waals surface area contributed by atoms with Crippen LogP contribution in [0.5, 0.6) is 11.5 Å². The van der Waals surface area contributed by atoms with Crippen molar-refractivity contribution in [2.24, 2.45) is 0 Å². The van der Waals surface area contributed by atoms with E-state index in [2.05, 4.69) is 32.7 Å². The lowest BCUT2D eigenvalue weighted by Gasteiger charge is -2.32. The van der Waals surface area contributed by atoms with Crippen molar-refractivity contribution < 1.29 is 19.2 Å². The van der Waals surface area contributed by atoms with Crippen molar-refractivity contribution in [2.45, 2.75) is 36.4 Å². The smallest absolute Gasteiger partial charge is 0.256 e. The van der Waals surface area contributed by atoms with Gasteiger partial charge in [0.15, 0.2) is 17.0 Å². The molecular weight excluding hydrogens is 490 g/mol. The van der Waals surface area contributed by atoms with Crippen molar-refractivity contribution in [3.05, 3.63) is 74.8 Å². The highest BCUT2D eigenvalue weighted by Crippen LogP contribution is 2.58. The number of amides is 1. The number of nitrogens with one attached hydrogen (secondary N) is 1. The molecule has 0 unspecified atom stereocenters. The van der Waals surface area contributed by atoms with Crippen molar-refractivity contribution in [2.75, 3.05) is 25.6 Å². The van der Waals surface area contributed by atoms with E-state index in [0.29, 0.717) is 40.4 Å². The van der Waals surface area contributed by atoms with Gasteiger partial charge in [-0.3, -0.25) is 19.8 Å². The van der Waals surface area contributed by atoms with Crippen LogP contribution in [0, 0.1) is 10.1 Å². The predicted molar refractivity (Wildman–Crippen MR) is 126 cm³/mol.